The Kier molecular flexibility index (Phi) is 4.75. The molecule has 0 saturated carbocycles. The number of amides is 1. The number of ether oxygens (including phenoxy) is 1. The number of anilines is 1. The molecule has 0 saturated heterocycles. The van der Waals surface area contributed by atoms with Crippen LogP contribution in [-0.4, -0.2) is 18.0 Å². The van der Waals surface area contributed by atoms with E-state index in [-0.39, 0.29) is 5.56 Å². The van der Waals surface area contributed by atoms with E-state index in [9.17, 15) is 9.18 Å². The molecule has 126 valence electrons. The fraction of sp³-hybridized carbons (Fsp3) is 0.100. The number of pyridine rings is 1. The molecule has 1 heterocycles. The van der Waals surface area contributed by atoms with Crippen molar-refractivity contribution in [3.8, 4) is 16.9 Å². The van der Waals surface area contributed by atoms with Crippen LogP contribution in [0.4, 0.5) is 10.2 Å². The van der Waals surface area contributed by atoms with Crippen LogP contribution in [0.15, 0.2) is 60.7 Å². The maximum absolute atomic E-state index is 14.1. The molecule has 3 aromatic rings. The molecule has 0 aliphatic heterocycles. The summed E-state index contributed by atoms with van der Waals surface area (Å²) in [5.41, 5.74) is 2.28. The molecule has 3 rings (SSSR count). The van der Waals surface area contributed by atoms with E-state index in [1.807, 2.05) is 31.2 Å². The number of benzene rings is 2. The Morgan fingerprint density at radius 1 is 1.08 bits per heavy atom. The standard InChI is InChI=1S/C20H17FN2O2/c1-13-6-5-9-19(22-13)23-20(24)15-10-14(11-16(21)12-15)17-7-3-4-8-18(17)25-2/h3-12H,1-2H3,(H,22,23,24). The zero-order valence-corrected chi connectivity index (χ0v) is 13.9. The molecular formula is C20H17FN2O2. The van der Waals surface area contributed by atoms with Crippen LogP contribution in [0, 0.1) is 12.7 Å². The average Bonchev–Trinajstić information content (AvgIpc) is 2.61. The summed E-state index contributed by atoms with van der Waals surface area (Å²) in [5, 5.41) is 2.69. The van der Waals surface area contributed by atoms with Gasteiger partial charge in [-0.05, 0) is 48.9 Å². The van der Waals surface area contributed by atoms with Gasteiger partial charge in [0.25, 0.3) is 5.91 Å². The van der Waals surface area contributed by atoms with Crippen LogP contribution in [0.25, 0.3) is 11.1 Å². The number of para-hydroxylation sites is 1. The monoisotopic (exact) mass is 336 g/mol. The van der Waals surface area contributed by atoms with E-state index in [0.29, 0.717) is 22.7 Å². The highest BCUT2D eigenvalue weighted by atomic mass is 19.1. The lowest BCUT2D eigenvalue weighted by atomic mass is 10.0. The molecule has 0 unspecified atom stereocenters. The lowest BCUT2D eigenvalue weighted by Crippen LogP contribution is -2.13. The third-order valence-electron chi connectivity index (χ3n) is 3.71. The van der Waals surface area contributed by atoms with E-state index in [2.05, 4.69) is 10.3 Å². The summed E-state index contributed by atoms with van der Waals surface area (Å²) < 4.78 is 19.4. The average molecular weight is 336 g/mol. The normalized spacial score (nSPS) is 10.4. The van der Waals surface area contributed by atoms with Gasteiger partial charge in [-0.3, -0.25) is 4.79 Å². The molecule has 0 fully saturated rings. The number of hydrogen-bond acceptors (Lipinski definition) is 3. The van der Waals surface area contributed by atoms with Crippen LogP contribution >= 0.6 is 0 Å². The van der Waals surface area contributed by atoms with Gasteiger partial charge in [-0.15, -0.1) is 0 Å². The molecule has 1 amide bonds. The number of carbonyl (C=O) groups is 1. The zero-order chi connectivity index (χ0) is 17.8. The summed E-state index contributed by atoms with van der Waals surface area (Å²) in [4.78, 5) is 16.7. The van der Waals surface area contributed by atoms with Crippen molar-refractivity contribution in [3.05, 3.63) is 77.7 Å². The molecule has 0 aliphatic rings. The molecule has 0 atom stereocenters. The van der Waals surface area contributed by atoms with Crippen LogP contribution in [0.5, 0.6) is 5.75 Å². The summed E-state index contributed by atoms with van der Waals surface area (Å²) in [6.07, 6.45) is 0. The van der Waals surface area contributed by atoms with Gasteiger partial charge in [0.1, 0.15) is 17.4 Å². The number of nitrogens with one attached hydrogen (secondary N) is 1. The first-order valence-electron chi connectivity index (χ1n) is 7.76. The van der Waals surface area contributed by atoms with E-state index in [0.717, 1.165) is 5.69 Å². The number of halogens is 1. The molecule has 2 aromatic carbocycles. The molecule has 1 aromatic heterocycles. The fourth-order valence-electron chi connectivity index (χ4n) is 2.56. The Hall–Kier alpha value is -3.21. The van der Waals surface area contributed by atoms with Crippen LogP contribution in [-0.2, 0) is 0 Å². The second kappa shape index (κ2) is 7.13. The highest BCUT2D eigenvalue weighted by molar-refractivity contribution is 6.04. The van der Waals surface area contributed by atoms with Crippen molar-refractivity contribution in [1.29, 1.82) is 0 Å². The smallest absolute Gasteiger partial charge is 0.256 e. The van der Waals surface area contributed by atoms with Gasteiger partial charge in [0.05, 0.1) is 7.11 Å². The van der Waals surface area contributed by atoms with Gasteiger partial charge in [0, 0.05) is 16.8 Å². The third kappa shape index (κ3) is 3.83. The van der Waals surface area contributed by atoms with Crippen molar-refractivity contribution in [1.82, 2.24) is 4.98 Å². The van der Waals surface area contributed by atoms with Crippen molar-refractivity contribution in [2.24, 2.45) is 0 Å². The Bertz CT molecular complexity index is 925. The molecule has 1 N–H and O–H groups in total. The number of hydrogen-bond donors (Lipinski definition) is 1. The summed E-state index contributed by atoms with van der Waals surface area (Å²) in [5.74, 6) is 0.118. The number of aromatic nitrogens is 1. The van der Waals surface area contributed by atoms with Crippen molar-refractivity contribution in [2.45, 2.75) is 6.92 Å². The number of carbonyl (C=O) groups excluding carboxylic acids is 1. The molecule has 0 aliphatic carbocycles. The fourth-order valence-corrected chi connectivity index (χ4v) is 2.56. The van der Waals surface area contributed by atoms with Gasteiger partial charge in [0.15, 0.2) is 0 Å². The molecule has 5 heteroatoms. The first kappa shape index (κ1) is 16.6. The predicted molar refractivity (Wildman–Crippen MR) is 95.3 cm³/mol. The summed E-state index contributed by atoms with van der Waals surface area (Å²) in [7, 11) is 1.55. The highest BCUT2D eigenvalue weighted by Crippen LogP contribution is 2.30. The largest absolute Gasteiger partial charge is 0.496 e. The lowest BCUT2D eigenvalue weighted by molar-refractivity contribution is 0.102. The molecule has 25 heavy (non-hydrogen) atoms. The van der Waals surface area contributed by atoms with Crippen molar-refractivity contribution in [3.63, 3.8) is 0 Å². The second-order valence-corrected chi connectivity index (χ2v) is 5.55. The quantitative estimate of drug-likeness (QED) is 0.765. The van der Waals surface area contributed by atoms with Crippen molar-refractivity contribution < 1.29 is 13.9 Å². The molecule has 0 spiro atoms. The number of aryl methyl sites for hydroxylation is 1. The minimum absolute atomic E-state index is 0.212. The van der Waals surface area contributed by atoms with Crippen molar-refractivity contribution >= 4 is 11.7 Å². The maximum Gasteiger partial charge on any atom is 0.256 e. The van der Waals surface area contributed by atoms with Gasteiger partial charge < -0.3 is 10.1 Å². The summed E-state index contributed by atoms with van der Waals surface area (Å²) in [6, 6.07) is 16.8. The summed E-state index contributed by atoms with van der Waals surface area (Å²) in [6.45, 7) is 1.83. The maximum atomic E-state index is 14.1. The van der Waals surface area contributed by atoms with Crippen LogP contribution < -0.4 is 10.1 Å². The van der Waals surface area contributed by atoms with Crippen molar-refractivity contribution in [2.75, 3.05) is 12.4 Å². The van der Waals surface area contributed by atoms with E-state index >= 15 is 0 Å². The molecule has 4 nitrogen and oxygen atoms in total. The topological polar surface area (TPSA) is 51.2 Å². The van der Waals surface area contributed by atoms with Crippen LogP contribution in [0.1, 0.15) is 16.1 Å². The zero-order valence-electron chi connectivity index (χ0n) is 13.9. The Morgan fingerprint density at radius 3 is 2.64 bits per heavy atom. The third-order valence-corrected chi connectivity index (χ3v) is 3.71. The van der Waals surface area contributed by atoms with E-state index < -0.39 is 11.7 Å². The molecule has 0 bridgehead atoms. The number of rotatable bonds is 4. The number of methoxy groups -OCH3 is 1. The van der Waals surface area contributed by atoms with Gasteiger partial charge in [0.2, 0.25) is 0 Å². The van der Waals surface area contributed by atoms with E-state index in [4.69, 9.17) is 4.74 Å². The van der Waals surface area contributed by atoms with Gasteiger partial charge in [-0.25, -0.2) is 9.37 Å². The number of nitrogens with zero attached hydrogens (tertiary/aromatic N) is 1. The molecule has 0 radical (unpaired) electrons. The van der Waals surface area contributed by atoms with Gasteiger partial charge in [-0.1, -0.05) is 24.3 Å². The van der Waals surface area contributed by atoms with E-state index in [1.165, 1.54) is 12.1 Å². The van der Waals surface area contributed by atoms with Gasteiger partial charge in [-0.2, -0.15) is 0 Å². The summed E-state index contributed by atoms with van der Waals surface area (Å²) >= 11 is 0. The first-order valence-corrected chi connectivity index (χ1v) is 7.76. The van der Waals surface area contributed by atoms with E-state index in [1.54, 1.807) is 31.4 Å². The Labute approximate surface area is 145 Å². The minimum atomic E-state index is -0.495. The van der Waals surface area contributed by atoms with Crippen LogP contribution in [0.2, 0.25) is 0 Å². The lowest BCUT2D eigenvalue weighted by Gasteiger charge is -2.11. The Balaban J connectivity index is 1.95. The predicted octanol–water partition coefficient (Wildman–Crippen LogP) is 4.46. The highest BCUT2D eigenvalue weighted by Gasteiger charge is 2.13. The Morgan fingerprint density at radius 2 is 1.88 bits per heavy atom. The van der Waals surface area contributed by atoms with Gasteiger partial charge >= 0.3 is 0 Å². The first-order chi connectivity index (χ1) is 12.1. The molecular weight excluding hydrogens is 319 g/mol. The van der Waals surface area contributed by atoms with Crippen LogP contribution in [0.3, 0.4) is 0 Å². The second-order valence-electron chi connectivity index (χ2n) is 5.55. The SMILES string of the molecule is COc1ccccc1-c1cc(F)cc(C(=O)Nc2cccc(C)n2)c1. The minimum Gasteiger partial charge on any atom is -0.496 e.